The van der Waals surface area contributed by atoms with E-state index in [9.17, 15) is 4.79 Å². The van der Waals surface area contributed by atoms with Gasteiger partial charge in [0, 0.05) is 0 Å². The number of hydrogen-bond donors (Lipinski definition) is 1. The van der Waals surface area contributed by atoms with Crippen LogP contribution >= 0.6 is 0 Å². The fourth-order valence-electron chi connectivity index (χ4n) is 1.35. The van der Waals surface area contributed by atoms with E-state index in [0.717, 1.165) is 25.8 Å². The van der Waals surface area contributed by atoms with Gasteiger partial charge in [0.2, 0.25) is 5.91 Å². The minimum Gasteiger partial charge on any atom is -0.369 e. The quantitative estimate of drug-likeness (QED) is 0.641. The van der Waals surface area contributed by atoms with Crippen LogP contribution in [0.2, 0.25) is 0 Å². The molecule has 86 valence electrons. The van der Waals surface area contributed by atoms with Gasteiger partial charge in [0.05, 0.1) is 18.0 Å². The van der Waals surface area contributed by atoms with Gasteiger partial charge >= 0.3 is 0 Å². The van der Waals surface area contributed by atoms with E-state index in [1.165, 1.54) is 0 Å². The van der Waals surface area contributed by atoms with Crippen LogP contribution in [0.1, 0.15) is 33.1 Å². The highest BCUT2D eigenvalue weighted by Gasteiger charge is 2.15. The monoisotopic (exact) mass is 211 g/mol. The molecule has 4 heteroatoms. The second kappa shape index (κ2) is 6.41. The smallest absolute Gasteiger partial charge is 0.231 e. The molecule has 0 unspecified atom stereocenters. The first-order valence-corrected chi connectivity index (χ1v) is 5.25. The Hall–Kier alpha value is -1.08. The molecule has 0 heterocycles. The van der Waals surface area contributed by atoms with Crippen molar-refractivity contribution in [3.05, 3.63) is 0 Å². The van der Waals surface area contributed by atoms with Crippen LogP contribution in [0.15, 0.2) is 0 Å². The van der Waals surface area contributed by atoms with Gasteiger partial charge in [0.1, 0.15) is 0 Å². The first-order chi connectivity index (χ1) is 6.87. The van der Waals surface area contributed by atoms with E-state index in [4.69, 9.17) is 11.0 Å². The third-order valence-corrected chi connectivity index (χ3v) is 2.32. The van der Waals surface area contributed by atoms with Crippen LogP contribution in [0.4, 0.5) is 0 Å². The van der Waals surface area contributed by atoms with Gasteiger partial charge in [0.15, 0.2) is 0 Å². The highest BCUT2D eigenvalue weighted by molar-refractivity contribution is 5.75. The molecule has 15 heavy (non-hydrogen) atoms. The van der Waals surface area contributed by atoms with Crippen molar-refractivity contribution in [1.29, 1.82) is 5.26 Å². The predicted molar refractivity (Wildman–Crippen MR) is 59.9 cm³/mol. The van der Waals surface area contributed by atoms with Crippen molar-refractivity contribution in [1.82, 2.24) is 4.90 Å². The number of nitrogens with two attached hydrogens (primary N) is 1. The summed E-state index contributed by atoms with van der Waals surface area (Å²) in [4.78, 5) is 12.5. The molecule has 0 aliphatic rings. The lowest BCUT2D eigenvalue weighted by Crippen LogP contribution is -2.31. The SMILES string of the molecule is CN(CCCCC(C)(C)C#N)CC(N)=O. The summed E-state index contributed by atoms with van der Waals surface area (Å²) in [5, 5.41) is 8.80. The fourth-order valence-corrected chi connectivity index (χ4v) is 1.35. The van der Waals surface area contributed by atoms with Gasteiger partial charge in [-0.2, -0.15) is 5.26 Å². The minimum absolute atomic E-state index is 0.234. The van der Waals surface area contributed by atoms with Crippen LogP contribution in [-0.2, 0) is 4.79 Å². The number of hydrogen-bond acceptors (Lipinski definition) is 3. The van der Waals surface area contributed by atoms with Crippen LogP contribution in [-0.4, -0.2) is 30.9 Å². The second-order valence-corrected chi connectivity index (χ2v) is 4.66. The molecule has 0 aliphatic heterocycles. The highest BCUT2D eigenvalue weighted by Crippen LogP contribution is 2.21. The van der Waals surface area contributed by atoms with Crippen molar-refractivity contribution in [2.24, 2.45) is 11.1 Å². The Kier molecular flexibility index (Phi) is 5.95. The predicted octanol–water partition coefficient (Wildman–Crippen LogP) is 1.12. The number of rotatable bonds is 7. The van der Waals surface area contributed by atoms with Gasteiger partial charge in [0.25, 0.3) is 0 Å². The summed E-state index contributed by atoms with van der Waals surface area (Å²) in [5.74, 6) is -0.296. The Morgan fingerprint density at radius 2 is 2.07 bits per heavy atom. The topological polar surface area (TPSA) is 70.1 Å². The zero-order valence-electron chi connectivity index (χ0n) is 9.92. The Balaban J connectivity index is 3.55. The van der Waals surface area contributed by atoms with Crippen molar-refractivity contribution in [3.8, 4) is 6.07 Å². The van der Waals surface area contributed by atoms with Gasteiger partial charge in [-0.05, 0) is 40.3 Å². The first kappa shape index (κ1) is 13.9. The van der Waals surface area contributed by atoms with Crippen molar-refractivity contribution in [2.75, 3.05) is 20.1 Å². The van der Waals surface area contributed by atoms with Gasteiger partial charge in [-0.15, -0.1) is 0 Å². The maximum Gasteiger partial charge on any atom is 0.231 e. The normalized spacial score (nSPS) is 11.4. The molecule has 0 aromatic heterocycles. The maximum atomic E-state index is 10.6. The second-order valence-electron chi connectivity index (χ2n) is 4.66. The van der Waals surface area contributed by atoms with Crippen LogP contribution < -0.4 is 5.73 Å². The van der Waals surface area contributed by atoms with Crippen LogP contribution in [0, 0.1) is 16.7 Å². The zero-order chi connectivity index (χ0) is 11.9. The number of likely N-dealkylation sites (N-methyl/N-ethyl adjacent to an activating group) is 1. The van der Waals surface area contributed by atoms with Crippen molar-refractivity contribution in [2.45, 2.75) is 33.1 Å². The lowest BCUT2D eigenvalue weighted by atomic mass is 9.89. The molecule has 0 aromatic rings. The number of carbonyl (C=O) groups excluding carboxylic acids is 1. The number of primary amides is 1. The van der Waals surface area contributed by atoms with Crippen LogP contribution in [0.25, 0.3) is 0 Å². The number of amides is 1. The Morgan fingerprint density at radius 1 is 1.47 bits per heavy atom. The largest absolute Gasteiger partial charge is 0.369 e. The summed E-state index contributed by atoms with van der Waals surface area (Å²) in [7, 11) is 1.88. The van der Waals surface area contributed by atoms with Gasteiger partial charge < -0.3 is 5.73 Å². The molecule has 0 atom stereocenters. The summed E-state index contributed by atoms with van der Waals surface area (Å²) in [6.45, 7) is 5.05. The Bertz CT molecular complexity index is 243. The Labute approximate surface area is 92.0 Å². The number of nitriles is 1. The minimum atomic E-state index is -0.296. The molecule has 0 fully saturated rings. The molecule has 0 saturated heterocycles. The molecule has 0 radical (unpaired) electrons. The number of carbonyl (C=O) groups is 1. The molecular weight excluding hydrogens is 190 g/mol. The molecule has 1 amide bonds. The molecule has 0 saturated carbocycles. The van der Waals surface area contributed by atoms with E-state index >= 15 is 0 Å². The van der Waals surface area contributed by atoms with E-state index < -0.39 is 0 Å². The fraction of sp³-hybridized carbons (Fsp3) is 0.818. The van der Waals surface area contributed by atoms with Gasteiger partial charge in [-0.3, -0.25) is 9.69 Å². The summed E-state index contributed by atoms with van der Waals surface area (Å²) in [6, 6.07) is 2.27. The van der Waals surface area contributed by atoms with Crippen LogP contribution in [0.5, 0.6) is 0 Å². The maximum absolute atomic E-state index is 10.6. The average molecular weight is 211 g/mol. The molecular formula is C11H21N3O. The molecule has 2 N–H and O–H groups in total. The third kappa shape index (κ3) is 7.95. The lowest BCUT2D eigenvalue weighted by Gasteiger charge is -2.17. The Morgan fingerprint density at radius 3 is 2.53 bits per heavy atom. The molecule has 0 bridgehead atoms. The van der Waals surface area contributed by atoms with Gasteiger partial charge in [-0.1, -0.05) is 6.42 Å². The van der Waals surface area contributed by atoms with E-state index in [-0.39, 0.29) is 11.3 Å². The highest BCUT2D eigenvalue weighted by atomic mass is 16.1. The number of unbranched alkanes of at least 4 members (excludes halogenated alkanes) is 1. The summed E-state index contributed by atoms with van der Waals surface area (Å²) < 4.78 is 0. The van der Waals surface area contributed by atoms with Crippen molar-refractivity contribution < 1.29 is 4.79 Å². The van der Waals surface area contributed by atoms with Crippen molar-refractivity contribution >= 4 is 5.91 Å². The third-order valence-electron chi connectivity index (χ3n) is 2.32. The number of nitrogens with zero attached hydrogens (tertiary/aromatic N) is 2. The van der Waals surface area contributed by atoms with E-state index in [1.807, 2.05) is 25.8 Å². The average Bonchev–Trinajstić information content (AvgIpc) is 2.11. The lowest BCUT2D eigenvalue weighted by molar-refractivity contribution is -0.118. The standard InChI is InChI=1S/C11H21N3O/c1-11(2,9-12)6-4-5-7-14(3)8-10(13)15/h4-8H2,1-3H3,(H2,13,15). The molecule has 0 aromatic carbocycles. The van der Waals surface area contributed by atoms with E-state index in [2.05, 4.69) is 6.07 Å². The summed E-state index contributed by atoms with van der Waals surface area (Å²) in [5.41, 5.74) is 4.83. The van der Waals surface area contributed by atoms with Gasteiger partial charge in [-0.25, -0.2) is 0 Å². The van der Waals surface area contributed by atoms with E-state index in [0.29, 0.717) is 6.54 Å². The summed E-state index contributed by atoms with van der Waals surface area (Å²) >= 11 is 0. The first-order valence-electron chi connectivity index (χ1n) is 5.25. The van der Waals surface area contributed by atoms with E-state index in [1.54, 1.807) is 0 Å². The molecule has 0 rings (SSSR count). The zero-order valence-corrected chi connectivity index (χ0v) is 9.92. The summed E-state index contributed by atoms with van der Waals surface area (Å²) in [6.07, 6.45) is 2.90. The van der Waals surface area contributed by atoms with Crippen molar-refractivity contribution in [3.63, 3.8) is 0 Å². The molecule has 0 spiro atoms. The molecule has 4 nitrogen and oxygen atoms in total. The van der Waals surface area contributed by atoms with Crippen LogP contribution in [0.3, 0.4) is 0 Å². The molecule has 0 aliphatic carbocycles.